The molecule has 0 aliphatic carbocycles. The second kappa shape index (κ2) is 7.37. The molecule has 2 aromatic rings. The molecule has 1 aliphatic heterocycles. The maximum atomic E-state index is 5.24. The van der Waals surface area contributed by atoms with Crippen LogP contribution in [0.1, 0.15) is 36.1 Å². The van der Waals surface area contributed by atoms with E-state index >= 15 is 0 Å². The van der Waals surface area contributed by atoms with E-state index < -0.39 is 0 Å². The first-order valence-electron chi connectivity index (χ1n) is 8.11. The molecule has 1 heterocycles. The average molecular weight is 293 g/mol. The smallest absolute Gasteiger partial charge is 0.0995 e. The fourth-order valence-electron chi connectivity index (χ4n) is 2.76. The normalized spacial score (nSPS) is 16.6. The summed E-state index contributed by atoms with van der Waals surface area (Å²) >= 11 is 0. The molecule has 2 nitrogen and oxygen atoms in total. The Balaban J connectivity index is 1.90. The van der Waals surface area contributed by atoms with Crippen molar-refractivity contribution in [3.8, 4) is 0 Å². The zero-order valence-corrected chi connectivity index (χ0v) is 13.1. The summed E-state index contributed by atoms with van der Waals surface area (Å²) in [6, 6.07) is 19.5. The molecule has 1 atom stereocenters. The van der Waals surface area contributed by atoms with Gasteiger partial charge in [0.15, 0.2) is 0 Å². The van der Waals surface area contributed by atoms with Crippen molar-refractivity contribution in [2.75, 3.05) is 13.2 Å². The molecule has 0 spiro atoms. The number of rotatable bonds is 6. The van der Waals surface area contributed by atoms with E-state index in [2.05, 4.69) is 67.7 Å². The molecular formula is C20H23NO. The third kappa shape index (κ3) is 3.63. The van der Waals surface area contributed by atoms with Gasteiger partial charge in [0, 0.05) is 12.1 Å². The molecular weight excluding hydrogens is 270 g/mol. The van der Waals surface area contributed by atoms with E-state index in [0.717, 1.165) is 19.6 Å². The molecule has 22 heavy (non-hydrogen) atoms. The largest absolute Gasteiger partial charge is 0.380 e. The van der Waals surface area contributed by atoms with Crippen molar-refractivity contribution in [2.45, 2.75) is 25.8 Å². The SMILES string of the molecule is CCCc1cccc(C(N=CC2COC2)c2ccccc2)c1. The van der Waals surface area contributed by atoms with Crippen molar-refractivity contribution in [1.29, 1.82) is 0 Å². The van der Waals surface area contributed by atoms with Crippen molar-refractivity contribution in [1.82, 2.24) is 0 Å². The predicted molar refractivity (Wildman–Crippen MR) is 91.5 cm³/mol. The van der Waals surface area contributed by atoms with Crippen molar-refractivity contribution < 1.29 is 4.74 Å². The molecule has 2 aromatic carbocycles. The summed E-state index contributed by atoms with van der Waals surface area (Å²) in [5.41, 5.74) is 3.91. The van der Waals surface area contributed by atoms with Gasteiger partial charge < -0.3 is 4.74 Å². The first-order valence-corrected chi connectivity index (χ1v) is 8.11. The quantitative estimate of drug-likeness (QED) is 0.721. The zero-order chi connectivity index (χ0) is 15.2. The second-order valence-corrected chi connectivity index (χ2v) is 5.90. The molecule has 1 unspecified atom stereocenters. The van der Waals surface area contributed by atoms with Gasteiger partial charge in [-0.3, -0.25) is 4.99 Å². The van der Waals surface area contributed by atoms with Crippen LogP contribution in [0.3, 0.4) is 0 Å². The highest BCUT2D eigenvalue weighted by molar-refractivity contribution is 5.63. The van der Waals surface area contributed by atoms with Crippen LogP contribution >= 0.6 is 0 Å². The lowest BCUT2D eigenvalue weighted by Crippen LogP contribution is -2.28. The van der Waals surface area contributed by atoms with E-state index in [9.17, 15) is 0 Å². The van der Waals surface area contributed by atoms with Crippen molar-refractivity contribution in [2.24, 2.45) is 10.9 Å². The lowest BCUT2D eigenvalue weighted by atomic mass is 9.96. The number of nitrogens with zero attached hydrogens (tertiary/aromatic N) is 1. The summed E-state index contributed by atoms with van der Waals surface area (Å²) < 4.78 is 5.24. The van der Waals surface area contributed by atoms with E-state index in [1.54, 1.807) is 0 Å². The minimum absolute atomic E-state index is 0.0820. The van der Waals surface area contributed by atoms with Crippen LogP contribution in [0.15, 0.2) is 59.6 Å². The maximum absolute atomic E-state index is 5.24. The molecule has 1 fully saturated rings. The highest BCUT2D eigenvalue weighted by Gasteiger charge is 2.18. The minimum atomic E-state index is 0.0820. The van der Waals surface area contributed by atoms with Crippen molar-refractivity contribution in [3.63, 3.8) is 0 Å². The Morgan fingerprint density at radius 1 is 1.09 bits per heavy atom. The predicted octanol–water partition coefficient (Wildman–Crippen LogP) is 4.45. The average Bonchev–Trinajstić information content (AvgIpc) is 2.51. The molecule has 1 saturated heterocycles. The Morgan fingerprint density at radius 2 is 1.86 bits per heavy atom. The maximum Gasteiger partial charge on any atom is 0.0995 e. The first kappa shape index (κ1) is 15.0. The molecule has 0 amide bonds. The number of benzene rings is 2. The summed E-state index contributed by atoms with van der Waals surface area (Å²) in [6.45, 7) is 3.83. The highest BCUT2D eigenvalue weighted by Crippen LogP contribution is 2.27. The Kier molecular flexibility index (Phi) is 5.02. The van der Waals surface area contributed by atoms with Crippen LogP contribution in [0.2, 0.25) is 0 Å². The fraction of sp³-hybridized carbons (Fsp3) is 0.350. The lowest BCUT2D eigenvalue weighted by molar-refractivity contribution is 0.00397. The standard InChI is InChI=1S/C20H23NO/c1-2-7-16-8-6-11-19(12-16)20(18-9-4-3-5-10-18)21-13-17-14-22-15-17/h3-6,8-13,17,20H,2,7,14-15H2,1H3. The molecule has 0 saturated carbocycles. The summed E-state index contributed by atoms with van der Waals surface area (Å²) in [6.07, 6.45) is 4.37. The van der Waals surface area contributed by atoms with E-state index in [0.29, 0.717) is 5.92 Å². The van der Waals surface area contributed by atoms with E-state index in [1.165, 1.54) is 23.1 Å². The summed E-state index contributed by atoms with van der Waals surface area (Å²) in [4.78, 5) is 4.88. The fourth-order valence-corrected chi connectivity index (χ4v) is 2.76. The van der Waals surface area contributed by atoms with E-state index in [1.807, 2.05) is 0 Å². The van der Waals surface area contributed by atoms with Crippen molar-refractivity contribution in [3.05, 3.63) is 71.3 Å². The van der Waals surface area contributed by atoms with Crippen LogP contribution in [0.5, 0.6) is 0 Å². The van der Waals surface area contributed by atoms with Crippen molar-refractivity contribution >= 4 is 6.21 Å². The molecule has 2 heteroatoms. The van der Waals surface area contributed by atoms with Crippen LogP contribution in [-0.4, -0.2) is 19.4 Å². The highest BCUT2D eigenvalue weighted by atomic mass is 16.5. The third-order valence-electron chi connectivity index (χ3n) is 4.03. The second-order valence-electron chi connectivity index (χ2n) is 5.90. The van der Waals surface area contributed by atoms with Gasteiger partial charge >= 0.3 is 0 Å². The van der Waals surface area contributed by atoms with Gasteiger partial charge in [0.25, 0.3) is 0 Å². The van der Waals surface area contributed by atoms with Gasteiger partial charge in [-0.1, -0.05) is 67.9 Å². The molecule has 3 rings (SSSR count). The van der Waals surface area contributed by atoms with Gasteiger partial charge in [0.05, 0.1) is 19.3 Å². The third-order valence-corrected chi connectivity index (χ3v) is 4.03. The van der Waals surface area contributed by atoms with Gasteiger partial charge in [-0.05, 0) is 23.1 Å². The number of aliphatic imine (C=N–C) groups is 1. The Morgan fingerprint density at radius 3 is 2.55 bits per heavy atom. The molecule has 114 valence electrons. The van der Waals surface area contributed by atoms with E-state index in [4.69, 9.17) is 9.73 Å². The van der Waals surface area contributed by atoms with Crippen LogP contribution in [-0.2, 0) is 11.2 Å². The molecule has 0 aromatic heterocycles. The van der Waals surface area contributed by atoms with Gasteiger partial charge in [0.1, 0.15) is 0 Å². The van der Waals surface area contributed by atoms with E-state index in [-0.39, 0.29) is 6.04 Å². The Bertz CT molecular complexity index is 617. The van der Waals surface area contributed by atoms with Gasteiger partial charge in [0.2, 0.25) is 0 Å². The van der Waals surface area contributed by atoms with Crippen LogP contribution in [0.25, 0.3) is 0 Å². The van der Waals surface area contributed by atoms with Gasteiger partial charge in [-0.15, -0.1) is 0 Å². The monoisotopic (exact) mass is 293 g/mol. The minimum Gasteiger partial charge on any atom is -0.380 e. The summed E-state index contributed by atoms with van der Waals surface area (Å²) in [5, 5.41) is 0. The first-order chi connectivity index (χ1) is 10.9. The van der Waals surface area contributed by atoms with Gasteiger partial charge in [-0.2, -0.15) is 0 Å². The molecule has 0 N–H and O–H groups in total. The summed E-state index contributed by atoms with van der Waals surface area (Å²) in [7, 11) is 0. The van der Waals surface area contributed by atoms with Gasteiger partial charge in [-0.25, -0.2) is 0 Å². The van der Waals surface area contributed by atoms with Crippen LogP contribution < -0.4 is 0 Å². The molecule has 0 radical (unpaired) electrons. The topological polar surface area (TPSA) is 21.6 Å². The number of aryl methyl sites for hydroxylation is 1. The molecule has 1 aliphatic rings. The molecule has 0 bridgehead atoms. The zero-order valence-electron chi connectivity index (χ0n) is 13.1. The summed E-state index contributed by atoms with van der Waals surface area (Å²) in [5.74, 6) is 0.477. The van der Waals surface area contributed by atoms with Crippen LogP contribution in [0.4, 0.5) is 0 Å². The number of hydrogen-bond acceptors (Lipinski definition) is 2. The Labute approximate surface area is 132 Å². The van der Waals surface area contributed by atoms with Crippen LogP contribution in [0, 0.1) is 5.92 Å². The Hall–Kier alpha value is -1.93. The number of ether oxygens (including phenoxy) is 1. The lowest BCUT2D eigenvalue weighted by Gasteiger charge is -2.23. The number of hydrogen-bond donors (Lipinski definition) is 0.